The molecule has 0 radical (unpaired) electrons. The lowest BCUT2D eigenvalue weighted by Gasteiger charge is -2.28. The predicted octanol–water partition coefficient (Wildman–Crippen LogP) is 3.94. The van der Waals surface area contributed by atoms with Crippen molar-refractivity contribution in [2.24, 2.45) is 17.5 Å². The van der Waals surface area contributed by atoms with Crippen LogP contribution in [0.15, 0.2) is 53.9 Å². The van der Waals surface area contributed by atoms with Crippen LogP contribution in [0.3, 0.4) is 0 Å². The first-order valence-corrected chi connectivity index (χ1v) is 10.2. The van der Waals surface area contributed by atoms with Crippen LogP contribution in [0.1, 0.15) is 33.9 Å². The minimum absolute atomic E-state index is 0.141. The number of aryl methyl sites for hydroxylation is 1. The van der Waals surface area contributed by atoms with Crippen LogP contribution < -0.4 is 16.3 Å². The highest BCUT2D eigenvalue weighted by Crippen LogP contribution is 2.34. The number of nitrogens with zero attached hydrogens (tertiary/aromatic N) is 2. The number of Topliss-reactive ketones (excluding diaryl/α,β-unsaturated/α-hetero) is 1. The van der Waals surface area contributed by atoms with Gasteiger partial charge < -0.3 is 10.5 Å². The highest BCUT2D eigenvalue weighted by Gasteiger charge is 2.34. The number of hydrogen-bond acceptors (Lipinski definition) is 6. The second-order valence-corrected chi connectivity index (χ2v) is 7.90. The van der Waals surface area contributed by atoms with Crippen molar-refractivity contribution in [3.05, 3.63) is 70.0 Å². The van der Waals surface area contributed by atoms with Crippen molar-refractivity contribution in [3.63, 3.8) is 0 Å². The second kappa shape index (κ2) is 9.06. The topological polar surface area (TPSA) is 112 Å². The number of methoxy groups -OCH3 is 1. The van der Waals surface area contributed by atoms with Crippen molar-refractivity contribution >= 4 is 23.2 Å². The van der Waals surface area contributed by atoms with E-state index < -0.39 is 18.0 Å². The molecule has 0 spiro atoms. The Labute approximate surface area is 179 Å². The number of aromatic nitrogens is 1. The van der Waals surface area contributed by atoms with E-state index in [0.717, 1.165) is 27.6 Å². The van der Waals surface area contributed by atoms with Crippen molar-refractivity contribution in [1.82, 2.24) is 9.99 Å². The van der Waals surface area contributed by atoms with E-state index in [4.69, 9.17) is 16.3 Å². The zero-order valence-corrected chi connectivity index (χ0v) is 17.8. The Balaban J connectivity index is 1.93. The third-order valence-corrected chi connectivity index (χ3v) is 5.85. The van der Waals surface area contributed by atoms with E-state index in [1.54, 1.807) is 26.2 Å². The van der Waals surface area contributed by atoms with E-state index in [1.165, 1.54) is 11.3 Å². The average molecular weight is 425 g/mol. The fourth-order valence-corrected chi connectivity index (χ4v) is 4.18. The number of hydrazine groups is 1. The summed E-state index contributed by atoms with van der Waals surface area (Å²) in [5.74, 6) is 5.94. The van der Waals surface area contributed by atoms with Gasteiger partial charge >= 0.3 is 6.03 Å². The quantitative estimate of drug-likeness (QED) is 0.258. The maximum absolute atomic E-state index is 13.1. The van der Waals surface area contributed by atoms with Gasteiger partial charge in [0.15, 0.2) is 5.78 Å². The van der Waals surface area contributed by atoms with Crippen molar-refractivity contribution in [1.29, 1.82) is 0 Å². The molecular weight excluding hydrogens is 400 g/mol. The number of nitrogens with two attached hydrogens (primary N) is 2. The van der Waals surface area contributed by atoms with Crippen LogP contribution in [-0.2, 0) is 0 Å². The van der Waals surface area contributed by atoms with Crippen LogP contribution in [0.4, 0.5) is 4.79 Å². The summed E-state index contributed by atoms with van der Waals surface area (Å²) in [5, 5.41) is 3.28. The summed E-state index contributed by atoms with van der Waals surface area (Å²) in [5.41, 5.74) is 8.64. The average Bonchev–Trinajstić information content (AvgIpc) is 3.23. The summed E-state index contributed by atoms with van der Waals surface area (Å²) < 4.78 is 5.18. The van der Waals surface area contributed by atoms with Gasteiger partial charge in [-0.1, -0.05) is 36.8 Å². The van der Waals surface area contributed by atoms with Gasteiger partial charge in [0.25, 0.3) is 0 Å². The number of rotatable bonds is 7. The SMILES string of the molecule is COc1ccc(-c2csc(C(C(C)C(=O)c3ccc(C)cc3)N(N)C(N)=O)n2)cc1. The molecule has 2 atom stereocenters. The summed E-state index contributed by atoms with van der Waals surface area (Å²) in [6.07, 6.45) is 0. The second-order valence-electron chi connectivity index (χ2n) is 7.01. The predicted molar refractivity (Wildman–Crippen MR) is 117 cm³/mol. The molecule has 0 saturated carbocycles. The minimum Gasteiger partial charge on any atom is -0.497 e. The molecule has 30 heavy (non-hydrogen) atoms. The minimum atomic E-state index is -0.829. The Morgan fingerprint density at radius 1 is 1.10 bits per heavy atom. The molecule has 2 aromatic carbocycles. The van der Waals surface area contributed by atoms with Gasteiger partial charge in [-0.25, -0.2) is 15.6 Å². The third kappa shape index (κ3) is 4.50. The molecule has 0 bridgehead atoms. The number of primary amides is 1. The van der Waals surface area contributed by atoms with Gasteiger partial charge in [0.1, 0.15) is 16.8 Å². The van der Waals surface area contributed by atoms with Gasteiger partial charge in [0.05, 0.1) is 12.8 Å². The molecule has 0 fully saturated rings. The molecular formula is C22H24N4O3S. The Bertz CT molecular complexity index is 1030. The van der Waals surface area contributed by atoms with Gasteiger partial charge in [-0.15, -0.1) is 11.3 Å². The van der Waals surface area contributed by atoms with Crippen molar-refractivity contribution in [2.45, 2.75) is 19.9 Å². The molecule has 3 aromatic rings. The standard InChI is InChI=1S/C22H24N4O3S/c1-13-4-6-16(7-5-13)20(27)14(2)19(26(24)22(23)28)21-25-18(12-30-21)15-8-10-17(29-3)11-9-15/h4-12,14,19H,24H2,1-3H3,(H2,23,28). The summed E-state index contributed by atoms with van der Waals surface area (Å²) >= 11 is 1.33. The van der Waals surface area contributed by atoms with Crippen LogP contribution in [0, 0.1) is 12.8 Å². The number of carbonyl (C=O) groups excluding carboxylic acids is 2. The van der Waals surface area contributed by atoms with Gasteiger partial charge in [-0.3, -0.25) is 9.80 Å². The monoisotopic (exact) mass is 424 g/mol. The molecule has 2 amide bonds. The first-order valence-electron chi connectivity index (χ1n) is 9.36. The Morgan fingerprint density at radius 2 is 1.73 bits per heavy atom. The first-order chi connectivity index (χ1) is 14.3. The molecule has 0 aliphatic rings. The lowest BCUT2D eigenvalue weighted by molar-refractivity contribution is 0.0838. The Hall–Kier alpha value is -3.23. The summed E-state index contributed by atoms with van der Waals surface area (Å²) in [7, 11) is 1.60. The summed E-state index contributed by atoms with van der Waals surface area (Å²) in [6, 6.07) is 13.1. The van der Waals surface area contributed by atoms with Crippen LogP contribution in [0.25, 0.3) is 11.3 Å². The number of benzene rings is 2. The summed E-state index contributed by atoms with van der Waals surface area (Å²) in [4.78, 5) is 29.6. The largest absolute Gasteiger partial charge is 0.497 e. The van der Waals surface area contributed by atoms with Gasteiger partial charge in [-0.2, -0.15) is 0 Å². The van der Waals surface area contributed by atoms with Crippen LogP contribution in [-0.4, -0.2) is 28.9 Å². The molecule has 8 heteroatoms. The fraction of sp³-hybridized carbons (Fsp3) is 0.227. The number of carbonyl (C=O) groups is 2. The molecule has 3 rings (SSSR count). The van der Waals surface area contributed by atoms with Crippen molar-refractivity contribution in [3.8, 4) is 17.0 Å². The Morgan fingerprint density at radius 3 is 2.30 bits per heavy atom. The van der Waals surface area contributed by atoms with Crippen molar-refractivity contribution < 1.29 is 14.3 Å². The van der Waals surface area contributed by atoms with Crippen LogP contribution >= 0.6 is 11.3 Å². The molecule has 2 unspecified atom stereocenters. The number of ether oxygens (including phenoxy) is 1. The Kier molecular flexibility index (Phi) is 6.49. The molecule has 0 aliphatic heterocycles. The zero-order valence-electron chi connectivity index (χ0n) is 17.0. The van der Waals surface area contributed by atoms with E-state index in [0.29, 0.717) is 10.6 Å². The number of urea groups is 1. The lowest BCUT2D eigenvalue weighted by atomic mass is 9.92. The highest BCUT2D eigenvalue weighted by atomic mass is 32.1. The fourth-order valence-electron chi connectivity index (χ4n) is 3.15. The van der Waals surface area contributed by atoms with Crippen LogP contribution in [0.5, 0.6) is 5.75 Å². The molecule has 7 nitrogen and oxygen atoms in total. The van der Waals surface area contributed by atoms with E-state index in [2.05, 4.69) is 4.98 Å². The molecule has 1 aromatic heterocycles. The normalized spacial score (nSPS) is 12.8. The molecule has 4 N–H and O–H groups in total. The van der Waals surface area contributed by atoms with E-state index >= 15 is 0 Å². The zero-order chi connectivity index (χ0) is 21.8. The maximum atomic E-state index is 13.1. The molecule has 156 valence electrons. The third-order valence-electron chi connectivity index (χ3n) is 4.94. The summed E-state index contributed by atoms with van der Waals surface area (Å²) in [6.45, 7) is 3.68. The molecule has 1 heterocycles. The number of amides is 2. The molecule has 0 saturated heterocycles. The van der Waals surface area contributed by atoms with Crippen LogP contribution in [0.2, 0.25) is 0 Å². The first kappa shape index (κ1) is 21.5. The number of hydrogen-bond donors (Lipinski definition) is 2. The van der Waals surface area contributed by atoms with Gasteiger partial charge in [0, 0.05) is 22.4 Å². The van der Waals surface area contributed by atoms with E-state index in [1.807, 2.05) is 48.7 Å². The van der Waals surface area contributed by atoms with Crippen molar-refractivity contribution in [2.75, 3.05) is 7.11 Å². The van der Waals surface area contributed by atoms with Gasteiger partial charge in [-0.05, 0) is 31.2 Å². The maximum Gasteiger partial charge on any atom is 0.329 e. The van der Waals surface area contributed by atoms with E-state index in [9.17, 15) is 9.59 Å². The van der Waals surface area contributed by atoms with Gasteiger partial charge in [0.2, 0.25) is 0 Å². The highest BCUT2D eigenvalue weighted by molar-refractivity contribution is 7.10. The lowest BCUT2D eigenvalue weighted by Crippen LogP contribution is -2.47. The molecule has 0 aliphatic carbocycles. The smallest absolute Gasteiger partial charge is 0.329 e. The van der Waals surface area contributed by atoms with E-state index in [-0.39, 0.29) is 5.78 Å². The number of thiazole rings is 1. The number of ketones is 1.